The number of benzene rings is 2. The fourth-order valence-corrected chi connectivity index (χ4v) is 2.00. The molecule has 5 nitrogen and oxygen atoms in total. The van der Waals surface area contributed by atoms with Gasteiger partial charge in [0.1, 0.15) is 11.5 Å². The fourth-order valence-electron chi connectivity index (χ4n) is 1.62. The van der Waals surface area contributed by atoms with Gasteiger partial charge in [-0.3, -0.25) is 4.79 Å². The highest BCUT2D eigenvalue weighted by atomic mass is 79.9. The van der Waals surface area contributed by atoms with E-state index in [1.807, 2.05) is 12.1 Å². The number of nitrogens with zero attached hydrogens (tertiary/aromatic N) is 1. The van der Waals surface area contributed by atoms with Gasteiger partial charge in [-0.05, 0) is 55.0 Å². The van der Waals surface area contributed by atoms with Gasteiger partial charge < -0.3 is 9.84 Å². The monoisotopic (exact) mass is 362 g/mol. The van der Waals surface area contributed by atoms with Gasteiger partial charge >= 0.3 is 0 Å². The molecular formula is C16H15BrN2O3. The van der Waals surface area contributed by atoms with Crippen molar-refractivity contribution in [1.29, 1.82) is 0 Å². The van der Waals surface area contributed by atoms with Gasteiger partial charge in [-0.2, -0.15) is 5.10 Å². The van der Waals surface area contributed by atoms with Crippen molar-refractivity contribution in [2.45, 2.75) is 13.0 Å². The second-order valence-corrected chi connectivity index (χ2v) is 5.46. The number of hydrogen-bond donors (Lipinski definition) is 2. The quantitative estimate of drug-likeness (QED) is 0.634. The molecule has 1 amide bonds. The fraction of sp³-hybridized carbons (Fsp3) is 0.125. The lowest BCUT2D eigenvalue weighted by atomic mass is 10.2. The van der Waals surface area contributed by atoms with Crippen molar-refractivity contribution < 1.29 is 14.6 Å². The molecule has 2 aromatic rings. The molecule has 0 heterocycles. The Hall–Kier alpha value is -2.34. The molecule has 6 heteroatoms. The van der Waals surface area contributed by atoms with Crippen LogP contribution in [0.15, 0.2) is 58.1 Å². The molecule has 0 fully saturated rings. The number of aromatic hydroxyl groups is 1. The minimum absolute atomic E-state index is 0.178. The standard InChI is InChI=1S/C16H15BrN2O3/c1-11(22-15-4-2-3-13(17)9-15)16(21)19-18-10-12-5-7-14(20)8-6-12/h2-11,20H,1H3,(H,19,21)/b18-10+. The number of ether oxygens (including phenoxy) is 1. The third-order valence-electron chi connectivity index (χ3n) is 2.76. The van der Waals surface area contributed by atoms with Crippen LogP contribution in [-0.2, 0) is 4.79 Å². The molecule has 0 aromatic heterocycles. The van der Waals surface area contributed by atoms with Crippen molar-refractivity contribution >= 4 is 28.1 Å². The molecule has 0 aliphatic carbocycles. The minimum atomic E-state index is -0.675. The molecule has 0 spiro atoms. The largest absolute Gasteiger partial charge is 0.508 e. The molecule has 0 saturated heterocycles. The van der Waals surface area contributed by atoms with E-state index in [-0.39, 0.29) is 11.7 Å². The van der Waals surface area contributed by atoms with E-state index in [1.165, 1.54) is 6.21 Å². The Morgan fingerprint density at radius 1 is 1.32 bits per heavy atom. The summed E-state index contributed by atoms with van der Waals surface area (Å²) in [6.07, 6.45) is 0.814. The maximum absolute atomic E-state index is 11.9. The number of hydrogen-bond acceptors (Lipinski definition) is 4. The van der Waals surface area contributed by atoms with Crippen LogP contribution in [0.5, 0.6) is 11.5 Å². The van der Waals surface area contributed by atoms with E-state index in [2.05, 4.69) is 26.5 Å². The first-order valence-electron chi connectivity index (χ1n) is 6.59. The highest BCUT2D eigenvalue weighted by Crippen LogP contribution is 2.18. The van der Waals surface area contributed by atoms with Crippen LogP contribution in [0.1, 0.15) is 12.5 Å². The first kappa shape index (κ1) is 16.0. The highest BCUT2D eigenvalue weighted by Gasteiger charge is 2.13. The zero-order valence-corrected chi connectivity index (χ0v) is 13.4. The van der Waals surface area contributed by atoms with Crippen LogP contribution >= 0.6 is 15.9 Å². The number of nitrogens with one attached hydrogen (secondary N) is 1. The maximum Gasteiger partial charge on any atom is 0.280 e. The Kier molecular flexibility index (Phi) is 5.55. The zero-order valence-electron chi connectivity index (χ0n) is 11.9. The SMILES string of the molecule is CC(Oc1cccc(Br)c1)C(=O)N/N=C/c1ccc(O)cc1. The molecule has 0 aliphatic rings. The molecule has 2 aromatic carbocycles. The van der Waals surface area contributed by atoms with Crippen molar-refractivity contribution in [2.24, 2.45) is 5.10 Å². The third-order valence-corrected chi connectivity index (χ3v) is 3.25. The van der Waals surface area contributed by atoms with E-state index in [1.54, 1.807) is 43.3 Å². The Bertz CT molecular complexity index is 671. The number of amides is 1. The number of phenolic OH excluding ortho intramolecular Hbond substituents is 1. The van der Waals surface area contributed by atoms with E-state index in [0.29, 0.717) is 5.75 Å². The molecule has 2 N–H and O–H groups in total. The van der Waals surface area contributed by atoms with Crippen molar-refractivity contribution in [2.75, 3.05) is 0 Å². The van der Waals surface area contributed by atoms with Gasteiger partial charge in [-0.15, -0.1) is 0 Å². The average Bonchev–Trinajstić information content (AvgIpc) is 2.49. The Morgan fingerprint density at radius 2 is 2.05 bits per heavy atom. The van der Waals surface area contributed by atoms with Crippen LogP contribution in [0.3, 0.4) is 0 Å². The van der Waals surface area contributed by atoms with E-state index >= 15 is 0 Å². The van der Waals surface area contributed by atoms with Crippen LogP contribution < -0.4 is 10.2 Å². The Morgan fingerprint density at radius 3 is 2.73 bits per heavy atom. The lowest BCUT2D eigenvalue weighted by molar-refractivity contribution is -0.127. The molecule has 0 saturated carbocycles. The van der Waals surface area contributed by atoms with Crippen LogP contribution in [-0.4, -0.2) is 23.3 Å². The number of phenols is 1. The second-order valence-electron chi connectivity index (χ2n) is 4.54. The summed E-state index contributed by atoms with van der Waals surface area (Å²) < 4.78 is 6.40. The number of carbonyl (C=O) groups is 1. The molecule has 22 heavy (non-hydrogen) atoms. The number of rotatable bonds is 5. The summed E-state index contributed by atoms with van der Waals surface area (Å²) in [5, 5.41) is 13.0. The van der Waals surface area contributed by atoms with E-state index in [9.17, 15) is 4.79 Å². The van der Waals surface area contributed by atoms with Gasteiger partial charge in [-0.1, -0.05) is 22.0 Å². The number of halogens is 1. The summed E-state index contributed by atoms with van der Waals surface area (Å²) in [5.74, 6) is 0.423. The summed E-state index contributed by atoms with van der Waals surface area (Å²) in [6.45, 7) is 1.65. The van der Waals surface area contributed by atoms with Crippen LogP contribution in [0, 0.1) is 0 Å². The second kappa shape index (κ2) is 7.61. The summed E-state index contributed by atoms with van der Waals surface area (Å²) in [7, 11) is 0. The first-order chi connectivity index (χ1) is 10.5. The summed E-state index contributed by atoms with van der Waals surface area (Å²) in [5.41, 5.74) is 3.17. The number of hydrazone groups is 1. The lowest BCUT2D eigenvalue weighted by Crippen LogP contribution is -2.33. The van der Waals surface area contributed by atoms with Gasteiger partial charge in [0.25, 0.3) is 5.91 Å². The van der Waals surface area contributed by atoms with E-state index in [4.69, 9.17) is 9.84 Å². The molecular weight excluding hydrogens is 348 g/mol. The lowest BCUT2D eigenvalue weighted by Gasteiger charge is -2.12. The smallest absolute Gasteiger partial charge is 0.280 e. The highest BCUT2D eigenvalue weighted by molar-refractivity contribution is 9.10. The maximum atomic E-state index is 11.9. The predicted octanol–water partition coefficient (Wildman–Crippen LogP) is 3.07. The molecule has 0 radical (unpaired) electrons. The van der Waals surface area contributed by atoms with Gasteiger partial charge in [0, 0.05) is 4.47 Å². The molecule has 2 rings (SSSR count). The molecule has 1 atom stereocenters. The van der Waals surface area contributed by atoms with Crippen molar-refractivity contribution in [3.63, 3.8) is 0 Å². The van der Waals surface area contributed by atoms with Gasteiger partial charge in [-0.25, -0.2) is 5.43 Å². The van der Waals surface area contributed by atoms with Gasteiger partial charge in [0.2, 0.25) is 0 Å². The van der Waals surface area contributed by atoms with Crippen LogP contribution in [0.25, 0.3) is 0 Å². The van der Waals surface area contributed by atoms with Gasteiger partial charge in [0.15, 0.2) is 6.10 Å². The van der Waals surface area contributed by atoms with Crippen LogP contribution in [0.2, 0.25) is 0 Å². The predicted molar refractivity (Wildman–Crippen MR) is 88.1 cm³/mol. The first-order valence-corrected chi connectivity index (χ1v) is 7.38. The molecule has 114 valence electrons. The van der Waals surface area contributed by atoms with E-state index < -0.39 is 6.10 Å². The Labute approximate surface area is 136 Å². The topological polar surface area (TPSA) is 70.9 Å². The minimum Gasteiger partial charge on any atom is -0.508 e. The molecule has 1 unspecified atom stereocenters. The third kappa shape index (κ3) is 4.89. The summed E-state index contributed by atoms with van der Waals surface area (Å²) in [4.78, 5) is 11.9. The Balaban J connectivity index is 1.87. The summed E-state index contributed by atoms with van der Waals surface area (Å²) >= 11 is 3.34. The normalized spacial score (nSPS) is 12.1. The zero-order chi connectivity index (χ0) is 15.9. The van der Waals surface area contributed by atoms with Crippen molar-refractivity contribution in [3.8, 4) is 11.5 Å². The van der Waals surface area contributed by atoms with Crippen LogP contribution in [0.4, 0.5) is 0 Å². The van der Waals surface area contributed by atoms with E-state index in [0.717, 1.165) is 10.0 Å². The van der Waals surface area contributed by atoms with Crippen molar-refractivity contribution in [1.82, 2.24) is 5.43 Å². The summed E-state index contributed by atoms with van der Waals surface area (Å²) in [6, 6.07) is 13.7. The van der Waals surface area contributed by atoms with Gasteiger partial charge in [0.05, 0.1) is 6.21 Å². The average molecular weight is 363 g/mol. The number of carbonyl (C=O) groups excluding carboxylic acids is 1. The van der Waals surface area contributed by atoms with Crippen molar-refractivity contribution in [3.05, 3.63) is 58.6 Å². The molecule has 0 aliphatic heterocycles. The molecule has 0 bridgehead atoms.